The van der Waals surface area contributed by atoms with Crippen LogP contribution in [0, 0.1) is 19.7 Å². The zero-order chi connectivity index (χ0) is 19.6. The summed E-state index contributed by atoms with van der Waals surface area (Å²) in [6.45, 7) is 5.40. The highest BCUT2D eigenvalue weighted by Gasteiger charge is 2.23. The van der Waals surface area contributed by atoms with Gasteiger partial charge in [0, 0.05) is 6.54 Å². The van der Waals surface area contributed by atoms with Crippen molar-refractivity contribution in [1.82, 2.24) is 9.88 Å². The van der Waals surface area contributed by atoms with E-state index in [1.807, 2.05) is 27.9 Å². The minimum atomic E-state index is -0.506. The Labute approximate surface area is 163 Å². The summed E-state index contributed by atoms with van der Waals surface area (Å²) < 4.78 is 15.3. The largest absolute Gasteiger partial charge is 0.309 e. The molecule has 27 heavy (non-hydrogen) atoms. The molecule has 4 nitrogen and oxygen atoms in total. The molecule has 142 valence electrons. The van der Waals surface area contributed by atoms with Gasteiger partial charge in [0.05, 0.1) is 15.8 Å². The van der Waals surface area contributed by atoms with Crippen LogP contribution in [0.5, 0.6) is 0 Å². The van der Waals surface area contributed by atoms with Gasteiger partial charge in [0.2, 0.25) is 0 Å². The van der Waals surface area contributed by atoms with Crippen LogP contribution in [0.2, 0.25) is 0 Å². The number of hydrogen-bond acceptors (Lipinski definition) is 4. The molecule has 0 fully saturated rings. The van der Waals surface area contributed by atoms with Gasteiger partial charge in [-0.15, -0.1) is 0 Å². The summed E-state index contributed by atoms with van der Waals surface area (Å²) in [5.41, 5.74) is 3.22. The molecule has 3 aromatic rings. The lowest BCUT2D eigenvalue weighted by molar-refractivity contribution is 0.0982. The first-order valence-electron chi connectivity index (χ1n) is 8.95. The van der Waals surface area contributed by atoms with E-state index in [0.29, 0.717) is 11.7 Å². The molecule has 0 atom stereocenters. The molecule has 2 aromatic carbocycles. The molecule has 1 heterocycles. The van der Waals surface area contributed by atoms with Crippen molar-refractivity contribution >= 4 is 32.6 Å². The number of carbonyl (C=O) groups excluding carboxylic acids is 1. The third-order valence-electron chi connectivity index (χ3n) is 4.39. The van der Waals surface area contributed by atoms with E-state index in [4.69, 9.17) is 4.98 Å². The number of aryl methyl sites for hydroxylation is 2. The van der Waals surface area contributed by atoms with E-state index in [1.54, 1.807) is 17.0 Å². The highest BCUT2D eigenvalue weighted by atomic mass is 32.1. The summed E-state index contributed by atoms with van der Waals surface area (Å²) in [7, 11) is 3.99. The van der Waals surface area contributed by atoms with Gasteiger partial charge in [0.1, 0.15) is 5.82 Å². The molecule has 6 heteroatoms. The highest BCUT2D eigenvalue weighted by Crippen LogP contribution is 2.32. The van der Waals surface area contributed by atoms with Crippen LogP contribution in [0.15, 0.2) is 36.4 Å². The molecular formula is C21H24FN3OS. The summed E-state index contributed by atoms with van der Waals surface area (Å²) in [5, 5.41) is 0.616. The van der Waals surface area contributed by atoms with Crippen molar-refractivity contribution in [3.05, 3.63) is 58.9 Å². The second-order valence-corrected chi connectivity index (χ2v) is 8.03. The molecule has 3 rings (SSSR count). The van der Waals surface area contributed by atoms with Crippen molar-refractivity contribution in [2.45, 2.75) is 20.3 Å². The lowest BCUT2D eigenvalue weighted by Gasteiger charge is -2.21. The van der Waals surface area contributed by atoms with Gasteiger partial charge < -0.3 is 4.90 Å². The van der Waals surface area contributed by atoms with Crippen LogP contribution in [-0.4, -0.2) is 43.0 Å². The van der Waals surface area contributed by atoms with E-state index < -0.39 is 5.82 Å². The summed E-state index contributed by atoms with van der Waals surface area (Å²) in [6.07, 6.45) is 0.779. The Morgan fingerprint density at radius 2 is 1.89 bits per heavy atom. The van der Waals surface area contributed by atoms with Gasteiger partial charge in [-0.05, 0) is 70.2 Å². The van der Waals surface area contributed by atoms with Gasteiger partial charge >= 0.3 is 0 Å². The zero-order valence-corrected chi connectivity index (χ0v) is 16.9. The Morgan fingerprint density at radius 1 is 1.15 bits per heavy atom. The monoisotopic (exact) mass is 385 g/mol. The molecule has 0 spiro atoms. The fourth-order valence-corrected chi connectivity index (χ4v) is 4.25. The van der Waals surface area contributed by atoms with Crippen LogP contribution in [0.3, 0.4) is 0 Å². The summed E-state index contributed by atoms with van der Waals surface area (Å²) in [4.78, 5) is 21.5. The molecule has 0 saturated carbocycles. The van der Waals surface area contributed by atoms with Crippen LogP contribution >= 0.6 is 11.3 Å². The van der Waals surface area contributed by atoms with E-state index in [9.17, 15) is 9.18 Å². The quantitative estimate of drug-likeness (QED) is 0.620. The average Bonchev–Trinajstić information content (AvgIpc) is 3.02. The smallest absolute Gasteiger partial charge is 0.263 e. The minimum Gasteiger partial charge on any atom is -0.309 e. The maximum atomic E-state index is 14.2. The van der Waals surface area contributed by atoms with Crippen molar-refractivity contribution < 1.29 is 9.18 Å². The average molecular weight is 386 g/mol. The number of halogens is 1. The van der Waals surface area contributed by atoms with Crippen LogP contribution in [0.4, 0.5) is 9.52 Å². The molecule has 0 radical (unpaired) electrons. The number of anilines is 1. The topological polar surface area (TPSA) is 36.4 Å². The van der Waals surface area contributed by atoms with Gasteiger partial charge in [0.15, 0.2) is 5.13 Å². The predicted octanol–water partition coefficient (Wildman–Crippen LogP) is 4.65. The van der Waals surface area contributed by atoms with Gasteiger partial charge in [-0.1, -0.05) is 29.5 Å². The summed E-state index contributed by atoms with van der Waals surface area (Å²) >= 11 is 1.48. The summed E-state index contributed by atoms with van der Waals surface area (Å²) in [5.74, 6) is -0.853. The van der Waals surface area contributed by atoms with Crippen molar-refractivity contribution in [3.8, 4) is 0 Å². The lowest BCUT2D eigenvalue weighted by atomic mass is 10.1. The molecule has 0 saturated heterocycles. The Morgan fingerprint density at radius 3 is 2.59 bits per heavy atom. The SMILES string of the molecule is Cc1cc(C)c2nc(N(CCCN(C)C)C(=O)c3ccccc3F)sc2c1. The molecule has 1 aromatic heterocycles. The second kappa shape index (κ2) is 8.15. The molecule has 0 bridgehead atoms. The van der Waals surface area contributed by atoms with Crippen LogP contribution in [0.1, 0.15) is 27.9 Å². The molecule has 0 unspecified atom stereocenters. The number of rotatable bonds is 6. The maximum absolute atomic E-state index is 14.2. The van der Waals surface area contributed by atoms with Crippen molar-refractivity contribution in [2.24, 2.45) is 0 Å². The third kappa shape index (κ3) is 4.34. The molecule has 0 aliphatic carbocycles. The van der Waals surface area contributed by atoms with Gasteiger partial charge in [-0.25, -0.2) is 9.37 Å². The van der Waals surface area contributed by atoms with E-state index in [1.165, 1.54) is 23.5 Å². The molecule has 1 amide bonds. The fraction of sp³-hybridized carbons (Fsp3) is 0.333. The summed E-state index contributed by atoms with van der Waals surface area (Å²) in [6, 6.07) is 10.3. The number of thiazole rings is 1. The first-order chi connectivity index (χ1) is 12.9. The maximum Gasteiger partial charge on any atom is 0.263 e. The minimum absolute atomic E-state index is 0.0783. The van der Waals surface area contributed by atoms with Crippen LogP contribution < -0.4 is 4.90 Å². The van der Waals surface area contributed by atoms with Gasteiger partial charge in [-0.2, -0.15) is 0 Å². The Hall–Kier alpha value is -2.31. The number of fused-ring (bicyclic) bond motifs is 1. The van der Waals surface area contributed by atoms with Gasteiger partial charge in [0.25, 0.3) is 5.91 Å². The van der Waals surface area contributed by atoms with Crippen molar-refractivity contribution in [2.75, 3.05) is 32.1 Å². The molecule has 0 aliphatic heterocycles. The third-order valence-corrected chi connectivity index (χ3v) is 5.41. The lowest BCUT2D eigenvalue weighted by Crippen LogP contribution is -2.34. The van der Waals surface area contributed by atoms with E-state index in [0.717, 1.165) is 34.3 Å². The second-order valence-electron chi connectivity index (χ2n) is 7.02. The number of hydrogen-bond donors (Lipinski definition) is 0. The first-order valence-corrected chi connectivity index (χ1v) is 9.77. The van der Waals surface area contributed by atoms with Crippen LogP contribution in [0.25, 0.3) is 10.2 Å². The Balaban J connectivity index is 2.00. The van der Waals surface area contributed by atoms with E-state index >= 15 is 0 Å². The fourth-order valence-electron chi connectivity index (χ4n) is 3.08. The van der Waals surface area contributed by atoms with E-state index in [-0.39, 0.29) is 11.5 Å². The highest BCUT2D eigenvalue weighted by molar-refractivity contribution is 7.22. The number of amides is 1. The molecule has 0 N–H and O–H groups in total. The number of nitrogens with zero attached hydrogens (tertiary/aromatic N) is 3. The zero-order valence-electron chi connectivity index (χ0n) is 16.1. The standard InChI is InChI=1S/C21H24FN3OS/c1-14-12-15(2)19-18(13-14)27-21(23-19)25(11-7-10-24(3)4)20(26)16-8-5-6-9-17(16)22/h5-6,8-9,12-13H,7,10-11H2,1-4H3. The first kappa shape index (κ1) is 19.5. The van der Waals surface area contributed by atoms with Crippen molar-refractivity contribution in [3.63, 3.8) is 0 Å². The van der Waals surface area contributed by atoms with E-state index in [2.05, 4.69) is 17.0 Å². The van der Waals surface area contributed by atoms with Crippen molar-refractivity contribution in [1.29, 1.82) is 0 Å². The van der Waals surface area contributed by atoms with Crippen LogP contribution in [-0.2, 0) is 0 Å². The normalized spacial score (nSPS) is 11.3. The Kier molecular flexibility index (Phi) is 5.87. The molecule has 0 aliphatic rings. The number of benzene rings is 2. The predicted molar refractivity (Wildman–Crippen MR) is 110 cm³/mol. The number of aromatic nitrogens is 1. The number of carbonyl (C=O) groups is 1. The Bertz CT molecular complexity index is 967. The molecular weight excluding hydrogens is 361 g/mol. The van der Waals surface area contributed by atoms with Gasteiger partial charge in [-0.3, -0.25) is 9.69 Å².